The number of nitrogens with zero attached hydrogens (tertiary/aromatic N) is 3. The first-order valence-corrected chi connectivity index (χ1v) is 10.1. The highest BCUT2D eigenvalue weighted by Crippen LogP contribution is 2.31. The second-order valence-electron chi connectivity index (χ2n) is 8.01. The monoisotopic (exact) mass is 353 g/mol. The predicted molar refractivity (Wildman–Crippen MR) is 107 cm³/mol. The standard InChI is InChI=1S/C22H31N3O/c1-3-26-21-6-7-22-18(14-21)4-5-20(23-22)16-25-12-9-17(10-13-25)19-8-11-24(2)15-19/h4-7,14,17,19H,3,8-13,15-16H2,1-2H3. The summed E-state index contributed by atoms with van der Waals surface area (Å²) in [6, 6.07) is 10.5. The highest BCUT2D eigenvalue weighted by atomic mass is 16.5. The van der Waals surface area contributed by atoms with E-state index in [1.54, 1.807) is 0 Å². The summed E-state index contributed by atoms with van der Waals surface area (Å²) in [6.07, 6.45) is 4.10. The maximum absolute atomic E-state index is 5.59. The van der Waals surface area contributed by atoms with Crippen LogP contribution in [0.3, 0.4) is 0 Å². The molecule has 1 aromatic heterocycles. The molecule has 0 bridgehead atoms. The Bertz CT molecular complexity index is 739. The second-order valence-corrected chi connectivity index (χ2v) is 8.01. The zero-order valence-electron chi connectivity index (χ0n) is 16.2. The minimum Gasteiger partial charge on any atom is -0.494 e. The number of fused-ring (bicyclic) bond motifs is 1. The summed E-state index contributed by atoms with van der Waals surface area (Å²) in [5.74, 6) is 2.78. The van der Waals surface area contributed by atoms with Gasteiger partial charge in [-0.25, -0.2) is 0 Å². The quantitative estimate of drug-likeness (QED) is 0.817. The van der Waals surface area contributed by atoms with Crippen LogP contribution in [0.5, 0.6) is 5.75 Å². The molecular formula is C22H31N3O. The zero-order valence-corrected chi connectivity index (χ0v) is 16.2. The van der Waals surface area contributed by atoms with E-state index in [9.17, 15) is 0 Å². The molecule has 2 aromatic rings. The van der Waals surface area contributed by atoms with Crippen LogP contribution in [0.2, 0.25) is 0 Å². The number of hydrogen-bond acceptors (Lipinski definition) is 4. The van der Waals surface area contributed by atoms with Crippen LogP contribution >= 0.6 is 0 Å². The van der Waals surface area contributed by atoms with E-state index in [0.29, 0.717) is 6.61 Å². The number of likely N-dealkylation sites (tertiary alicyclic amines) is 2. The maximum Gasteiger partial charge on any atom is 0.120 e. The van der Waals surface area contributed by atoms with Crippen molar-refractivity contribution in [2.45, 2.75) is 32.7 Å². The van der Waals surface area contributed by atoms with E-state index in [4.69, 9.17) is 9.72 Å². The van der Waals surface area contributed by atoms with Crippen molar-refractivity contribution in [3.8, 4) is 5.75 Å². The van der Waals surface area contributed by atoms with Gasteiger partial charge in [0.15, 0.2) is 0 Å². The number of hydrogen-bond donors (Lipinski definition) is 0. The third-order valence-electron chi connectivity index (χ3n) is 6.14. The normalized spacial score (nSPS) is 22.9. The van der Waals surface area contributed by atoms with Crippen molar-refractivity contribution in [2.24, 2.45) is 11.8 Å². The molecule has 2 aliphatic heterocycles. The number of pyridine rings is 1. The first-order chi connectivity index (χ1) is 12.7. The van der Waals surface area contributed by atoms with E-state index < -0.39 is 0 Å². The van der Waals surface area contributed by atoms with E-state index in [-0.39, 0.29) is 0 Å². The average Bonchev–Trinajstić information content (AvgIpc) is 3.09. The summed E-state index contributed by atoms with van der Waals surface area (Å²) in [4.78, 5) is 9.95. The molecule has 0 spiro atoms. The van der Waals surface area contributed by atoms with E-state index in [1.165, 1.54) is 51.1 Å². The molecule has 1 aromatic carbocycles. The number of benzene rings is 1. The van der Waals surface area contributed by atoms with Crippen molar-refractivity contribution >= 4 is 10.9 Å². The highest BCUT2D eigenvalue weighted by Gasteiger charge is 2.30. The molecule has 1 atom stereocenters. The van der Waals surface area contributed by atoms with Gasteiger partial charge in [0.2, 0.25) is 0 Å². The summed E-state index contributed by atoms with van der Waals surface area (Å²) in [5, 5.41) is 1.16. The Balaban J connectivity index is 1.35. The Morgan fingerprint density at radius 1 is 1.04 bits per heavy atom. The Labute approximate surface area is 157 Å². The smallest absolute Gasteiger partial charge is 0.120 e. The summed E-state index contributed by atoms with van der Waals surface area (Å²) < 4.78 is 5.59. The first-order valence-electron chi connectivity index (χ1n) is 10.1. The summed E-state index contributed by atoms with van der Waals surface area (Å²) >= 11 is 0. The van der Waals surface area contributed by atoms with Crippen LogP contribution in [0.1, 0.15) is 31.9 Å². The lowest BCUT2D eigenvalue weighted by Crippen LogP contribution is -2.36. The lowest BCUT2D eigenvalue weighted by molar-refractivity contribution is 0.142. The molecule has 4 nitrogen and oxygen atoms in total. The average molecular weight is 354 g/mol. The fourth-order valence-electron chi connectivity index (χ4n) is 4.66. The van der Waals surface area contributed by atoms with Crippen molar-refractivity contribution < 1.29 is 4.74 Å². The Morgan fingerprint density at radius 3 is 2.58 bits per heavy atom. The van der Waals surface area contributed by atoms with E-state index in [1.807, 2.05) is 13.0 Å². The summed E-state index contributed by atoms with van der Waals surface area (Å²) in [6.45, 7) is 8.71. The maximum atomic E-state index is 5.59. The SMILES string of the molecule is CCOc1ccc2nc(CN3CCC(C4CCN(C)C4)CC3)ccc2c1. The summed E-state index contributed by atoms with van der Waals surface area (Å²) in [7, 11) is 2.26. The van der Waals surface area contributed by atoms with E-state index in [0.717, 1.165) is 35.0 Å². The molecule has 2 fully saturated rings. The van der Waals surface area contributed by atoms with Crippen LogP contribution in [0.25, 0.3) is 10.9 Å². The van der Waals surface area contributed by atoms with Gasteiger partial charge < -0.3 is 9.64 Å². The molecule has 26 heavy (non-hydrogen) atoms. The molecule has 0 amide bonds. The molecular weight excluding hydrogens is 322 g/mol. The van der Waals surface area contributed by atoms with Crippen LogP contribution in [-0.2, 0) is 6.54 Å². The third kappa shape index (κ3) is 4.02. The van der Waals surface area contributed by atoms with Crippen molar-refractivity contribution in [3.05, 3.63) is 36.0 Å². The van der Waals surface area contributed by atoms with Crippen LogP contribution in [0.4, 0.5) is 0 Å². The topological polar surface area (TPSA) is 28.6 Å². The van der Waals surface area contributed by atoms with Gasteiger partial charge in [-0.2, -0.15) is 0 Å². The minimum atomic E-state index is 0.699. The largest absolute Gasteiger partial charge is 0.494 e. The molecule has 2 aliphatic rings. The van der Waals surface area contributed by atoms with E-state index in [2.05, 4.69) is 41.1 Å². The van der Waals surface area contributed by atoms with Gasteiger partial charge in [0.05, 0.1) is 17.8 Å². The van der Waals surface area contributed by atoms with Gasteiger partial charge in [-0.3, -0.25) is 9.88 Å². The molecule has 0 aliphatic carbocycles. The number of aromatic nitrogens is 1. The molecule has 4 rings (SSSR count). The predicted octanol–water partition coefficient (Wildman–Crippen LogP) is 3.80. The Kier molecular flexibility index (Phi) is 5.41. The van der Waals surface area contributed by atoms with E-state index >= 15 is 0 Å². The lowest BCUT2D eigenvalue weighted by atomic mass is 9.84. The fraction of sp³-hybridized carbons (Fsp3) is 0.591. The first kappa shape index (κ1) is 17.7. The Hall–Kier alpha value is -1.65. The van der Waals surface area contributed by atoms with Crippen molar-refractivity contribution in [2.75, 3.05) is 39.8 Å². The zero-order chi connectivity index (χ0) is 17.9. The summed E-state index contributed by atoms with van der Waals surface area (Å²) in [5.41, 5.74) is 2.25. The second kappa shape index (κ2) is 7.93. The fourth-order valence-corrected chi connectivity index (χ4v) is 4.66. The molecule has 2 saturated heterocycles. The molecule has 0 N–H and O–H groups in total. The third-order valence-corrected chi connectivity index (χ3v) is 6.14. The molecule has 4 heteroatoms. The minimum absolute atomic E-state index is 0.699. The van der Waals surface area contributed by atoms with Crippen LogP contribution in [0.15, 0.2) is 30.3 Å². The molecule has 0 saturated carbocycles. The molecule has 1 unspecified atom stereocenters. The van der Waals surface area contributed by atoms with Gasteiger partial charge in [-0.1, -0.05) is 6.07 Å². The number of rotatable bonds is 5. The van der Waals surface area contributed by atoms with Crippen LogP contribution in [0, 0.1) is 11.8 Å². The molecule has 140 valence electrons. The van der Waals surface area contributed by atoms with Gasteiger partial charge >= 0.3 is 0 Å². The van der Waals surface area contributed by atoms with Crippen molar-refractivity contribution in [1.29, 1.82) is 0 Å². The van der Waals surface area contributed by atoms with Gasteiger partial charge in [0.25, 0.3) is 0 Å². The Morgan fingerprint density at radius 2 is 1.85 bits per heavy atom. The van der Waals surface area contributed by atoms with Crippen LogP contribution < -0.4 is 4.74 Å². The molecule has 3 heterocycles. The van der Waals surface area contributed by atoms with Gasteiger partial charge in [-0.05, 0) is 89.0 Å². The van der Waals surface area contributed by atoms with Crippen molar-refractivity contribution in [1.82, 2.24) is 14.8 Å². The lowest BCUT2D eigenvalue weighted by Gasteiger charge is -2.34. The molecule has 0 radical (unpaired) electrons. The van der Waals surface area contributed by atoms with Gasteiger partial charge in [0, 0.05) is 18.5 Å². The van der Waals surface area contributed by atoms with Crippen LogP contribution in [-0.4, -0.2) is 54.6 Å². The van der Waals surface area contributed by atoms with Gasteiger partial charge in [0.1, 0.15) is 5.75 Å². The number of ether oxygens (including phenoxy) is 1. The number of piperidine rings is 1. The highest BCUT2D eigenvalue weighted by molar-refractivity contribution is 5.80. The van der Waals surface area contributed by atoms with Gasteiger partial charge in [-0.15, -0.1) is 0 Å². The van der Waals surface area contributed by atoms with Crippen molar-refractivity contribution in [3.63, 3.8) is 0 Å².